The second-order valence-corrected chi connectivity index (χ2v) is 8.74. The number of aromatic hydroxyl groups is 1. The van der Waals surface area contributed by atoms with Crippen molar-refractivity contribution in [3.8, 4) is 11.5 Å². The van der Waals surface area contributed by atoms with Crippen molar-refractivity contribution in [2.24, 2.45) is 5.73 Å². The van der Waals surface area contributed by atoms with Gasteiger partial charge in [-0.2, -0.15) is 13.2 Å². The first-order chi connectivity index (χ1) is 17.9. The summed E-state index contributed by atoms with van der Waals surface area (Å²) in [4.78, 5) is 15.3. The molecule has 9 nitrogen and oxygen atoms in total. The van der Waals surface area contributed by atoms with Gasteiger partial charge in [0, 0.05) is 49.3 Å². The molecule has 0 aliphatic carbocycles. The van der Waals surface area contributed by atoms with Crippen LogP contribution in [0.2, 0.25) is 0 Å². The summed E-state index contributed by atoms with van der Waals surface area (Å²) in [7, 11) is 1.12. The monoisotopic (exact) mass is 533 g/mol. The summed E-state index contributed by atoms with van der Waals surface area (Å²) in [6.07, 6.45) is -2.18. The molecule has 0 aromatic heterocycles. The highest BCUT2D eigenvalue weighted by molar-refractivity contribution is 5.95. The SMILES string of the molecule is COC(=O)N(CC=Cc1cc(C(=N)N)ccc1O)c1ccc(OC2CCN(C(C)=N)CC2)c(C(F)(F)F)c1. The maximum atomic E-state index is 14.0. The van der Waals surface area contributed by atoms with E-state index < -0.39 is 23.9 Å². The van der Waals surface area contributed by atoms with E-state index in [1.165, 1.54) is 42.5 Å². The number of likely N-dealkylation sites (tertiary alicyclic amines) is 1. The van der Waals surface area contributed by atoms with Gasteiger partial charge in [0.05, 0.1) is 18.5 Å². The fraction of sp³-hybridized carbons (Fsp3) is 0.346. The number of carbonyl (C=O) groups excluding carboxylic acids is 1. The fourth-order valence-electron chi connectivity index (χ4n) is 4.03. The van der Waals surface area contributed by atoms with Crippen LogP contribution in [0.1, 0.15) is 36.5 Å². The standard InChI is InChI=1S/C26H30F3N5O4/c1-16(30)33-12-9-20(10-13-33)38-23-8-6-19(15-21(23)26(27,28)29)34(25(36)37-2)11-3-4-17-14-18(24(31)32)5-7-22(17)35/h3-8,14-15,20,30,35H,9-13H2,1-2H3,(H3,31,32). The Hall–Kier alpha value is -4.22. The smallest absolute Gasteiger partial charge is 0.420 e. The summed E-state index contributed by atoms with van der Waals surface area (Å²) in [6.45, 7) is 2.53. The molecule has 2 aromatic carbocycles. The zero-order valence-corrected chi connectivity index (χ0v) is 21.0. The molecule has 3 rings (SSSR count). The van der Waals surface area contributed by atoms with Crippen molar-refractivity contribution in [2.45, 2.75) is 32.0 Å². The summed E-state index contributed by atoms with van der Waals surface area (Å²) in [6, 6.07) is 7.67. The van der Waals surface area contributed by atoms with Gasteiger partial charge in [0.25, 0.3) is 0 Å². The van der Waals surface area contributed by atoms with Gasteiger partial charge in [-0.3, -0.25) is 15.7 Å². The molecule has 1 aliphatic rings. The third-order valence-corrected chi connectivity index (χ3v) is 6.11. The molecular formula is C26H30F3N5O4. The number of alkyl halides is 3. The van der Waals surface area contributed by atoms with Crippen LogP contribution in [0, 0.1) is 10.8 Å². The Morgan fingerprint density at radius 3 is 2.47 bits per heavy atom. The zero-order valence-electron chi connectivity index (χ0n) is 21.0. The number of nitrogens with one attached hydrogen (secondary N) is 2. The largest absolute Gasteiger partial charge is 0.507 e. The number of nitrogens with zero attached hydrogens (tertiary/aromatic N) is 2. The number of benzene rings is 2. The minimum absolute atomic E-state index is 0.0582. The number of anilines is 1. The molecule has 1 amide bonds. The van der Waals surface area contributed by atoms with Crippen LogP contribution in [0.25, 0.3) is 6.08 Å². The highest BCUT2D eigenvalue weighted by Gasteiger charge is 2.36. The van der Waals surface area contributed by atoms with Crippen molar-refractivity contribution < 1.29 is 32.5 Å². The molecule has 0 bridgehead atoms. The lowest BCUT2D eigenvalue weighted by atomic mass is 10.1. The molecule has 1 fully saturated rings. The number of amides is 1. The van der Waals surface area contributed by atoms with Gasteiger partial charge in [0.1, 0.15) is 23.4 Å². The van der Waals surface area contributed by atoms with Gasteiger partial charge >= 0.3 is 12.3 Å². The van der Waals surface area contributed by atoms with Crippen molar-refractivity contribution >= 4 is 29.5 Å². The molecule has 0 saturated carbocycles. The number of hydrogen-bond donors (Lipinski definition) is 4. The van der Waals surface area contributed by atoms with Gasteiger partial charge in [-0.15, -0.1) is 0 Å². The number of halogens is 3. The molecule has 38 heavy (non-hydrogen) atoms. The molecular weight excluding hydrogens is 503 g/mol. The maximum Gasteiger partial charge on any atom is 0.420 e. The Balaban J connectivity index is 1.85. The van der Waals surface area contributed by atoms with E-state index in [0.717, 1.165) is 18.1 Å². The van der Waals surface area contributed by atoms with Gasteiger partial charge < -0.3 is 25.2 Å². The number of amidine groups is 2. The number of phenolic OH excluding ortho intramolecular Hbond substituents is 1. The first kappa shape index (κ1) is 28.4. The number of nitrogens with two attached hydrogens (primary N) is 1. The van der Waals surface area contributed by atoms with Gasteiger partial charge in [0.15, 0.2) is 0 Å². The second-order valence-electron chi connectivity index (χ2n) is 8.74. The van der Waals surface area contributed by atoms with Crippen molar-refractivity contribution in [3.63, 3.8) is 0 Å². The van der Waals surface area contributed by atoms with Gasteiger partial charge in [0.2, 0.25) is 0 Å². The molecule has 1 aliphatic heterocycles. The Kier molecular flexibility index (Phi) is 8.87. The summed E-state index contributed by atoms with van der Waals surface area (Å²) < 4.78 is 52.5. The minimum Gasteiger partial charge on any atom is -0.507 e. The molecule has 12 heteroatoms. The van der Waals surface area contributed by atoms with Crippen LogP contribution in [0.3, 0.4) is 0 Å². The van der Waals surface area contributed by atoms with E-state index in [1.54, 1.807) is 6.92 Å². The fourth-order valence-corrected chi connectivity index (χ4v) is 4.03. The van der Waals surface area contributed by atoms with Gasteiger partial charge in [-0.25, -0.2) is 4.79 Å². The summed E-state index contributed by atoms with van der Waals surface area (Å²) >= 11 is 0. The normalized spacial score (nSPS) is 14.4. The maximum absolute atomic E-state index is 14.0. The average Bonchev–Trinajstić information content (AvgIpc) is 2.87. The van der Waals surface area contributed by atoms with E-state index in [4.69, 9.17) is 26.0 Å². The summed E-state index contributed by atoms with van der Waals surface area (Å²) in [5, 5.41) is 25.3. The molecule has 204 valence electrons. The highest BCUT2D eigenvalue weighted by Crippen LogP contribution is 2.39. The van der Waals surface area contributed by atoms with Crippen LogP contribution in [0.15, 0.2) is 42.5 Å². The number of ether oxygens (including phenoxy) is 2. The van der Waals surface area contributed by atoms with E-state index in [-0.39, 0.29) is 29.6 Å². The molecule has 0 spiro atoms. The Morgan fingerprint density at radius 1 is 1.21 bits per heavy atom. The molecule has 0 radical (unpaired) electrons. The number of methoxy groups -OCH3 is 1. The van der Waals surface area contributed by atoms with Crippen LogP contribution in [-0.4, -0.2) is 60.6 Å². The molecule has 2 aromatic rings. The lowest BCUT2D eigenvalue weighted by Crippen LogP contribution is -2.40. The number of piperidine rings is 1. The lowest BCUT2D eigenvalue weighted by molar-refractivity contribution is -0.139. The number of hydrogen-bond acceptors (Lipinski definition) is 6. The van der Waals surface area contributed by atoms with Crippen molar-refractivity contribution in [1.82, 2.24) is 4.90 Å². The van der Waals surface area contributed by atoms with E-state index in [2.05, 4.69) is 0 Å². The first-order valence-corrected chi connectivity index (χ1v) is 11.8. The number of carbonyl (C=O) groups is 1. The minimum atomic E-state index is -4.74. The van der Waals surface area contributed by atoms with E-state index in [0.29, 0.717) is 42.9 Å². The Bertz CT molecular complexity index is 1220. The van der Waals surface area contributed by atoms with Gasteiger partial charge in [-0.1, -0.05) is 12.2 Å². The van der Waals surface area contributed by atoms with Crippen LogP contribution in [-0.2, 0) is 10.9 Å². The Labute approximate surface area is 218 Å². The number of phenols is 1. The number of rotatable bonds is 7. The van der Waals surface area contributed by atoms with Crippen LogP contribution in [0.5, 0.6) is 11.5 Å². The predicted molar refractivity (Wildman–Crippen MR) is 138 cm³/mol. The third-order valence-electron chi connectivity index (χ3n) is 6.11. The van der Waals surface area contributed by atoms with Crippen LogP contribution >= 0.6 is 0 Å². The number of nitrogen functional groups attached to an aromatic ring is 1. The zero-order chi connectivity index (χ0) is 28.0. The third kappa shape index (κ3) is 6.96. The van der Waals surface area contributed by atoms with Crippen molar-refractivity contribution in [3.05, 3.63) is 59.2 Å². The van der Waals surface area contributed by atoms with Gasteiger partial charge in [-0.05, 0) is 43.3 Å². The summed E-state index contributed by atoms with van der Waals surface area (Å²) in [5.74, 6) is -0.230. The molecule has 5 N–H and O–H groups in total. The van der Waals surface area contributed by atoms with Crippen LogP contribution in [0.4, 0.5) is 23.7 Å². The van der Waals surface area contributed by atoms with E-state index >= 15 is 0 Å². The summed E-state index contributed by atoms with van der Waals surface area (Å²) in [5.41, 5.74) is 5.08. The second kappa shape index (κ2) is 11.9. The molecule has 1 saturated heterocycles. The van der Waals surface area contributed by atoms with Crippen LogP contribution < -0.4 is 15.4 Å². The molecule has 0 atom stereocenters. The first-order valence-electron chi connectivity index (χ1n) is 11.8. The van der Waals surface area contributed by atoms with E-state index in [1.807, 2.05) is 4.90 Å². The van der Waals surface area contributed by atoms with E-state index in [9.17, 15) is 23.1 Å². The molecule has 0 unspecified atom stereocenters. The highest BCUT2D eigenvalue weighted by atomic mass is 19.4. The quantitative estimate of drug-likeness (QED) is 0.298. The van der Waals surface area contributed by atoms with Crippen molar-refractivity contribution in [1.29, 1.82) is 10.8 Å². The topological polar surface area (TPSA) is 136 Å². The lowest BCUT2D eigenvalue weighted by Gasteiger charge is -2.33. The average molecular weight is 534 g/mol. The predicted octanol–water partition coefficient (Wildman–Crippen LogP) is 4.82. The van der Waals surface area contributed by atoms with Crippen molar-refractivity contribution in [2.75, 3.05) is 31.6 Å². The Morgan fingerprint density at radius 2 is 1.89 bits per heavy atom. The molecule has 1 heterocycles.